The van der Waals surface area contributed by atoms with E-state index < -0.39 is 5.60 Å². The number of H-pyrrole nitrogens is 1. The zero-order valence-electron chi connectivity index (χ0n) is 20.8. The lowest BCUT2D eigenvalue weighted by Crippen LogP contribution is -2.57. The molecule has 5 rings (SSSR count). The van der Waals surface area contributed by atoms with Crippen molar-refractivity contribution in [3.63, 3.8) is 0 Å². The number of nitrogens with zero attached hydrogens (tertiary/aromatic N) is 4. The Hall–Kier alpha value is -3.27. The van der Waals surface area contributed by atoms with E-state index >= 15 is 0 Å². The third-order valence-electron chi connectivity index (χ3n) is 7.64. The summed E-state index contributed by atoms with van der Waals surface area (Å²) in [5.41, 5.74) is 0.928. The van der Waals surface area contributed by atoms with Crippen molar-refractivity contribution < 1.29 is 14.3 Å². The maximum absolute atomic E-state index is 14.1. The second-order valence-electron chi connectivity index (χ2n) is 9.52. The number of hydrogen-bond donors (Lipinski definition) is 1. The van der Waals surface area contributed by atoms with Gasteiger partial charge in [-0.1, -0.05) is 41.9 Å². The van der Waals surface area contributed by atoms with Crippen LogP contribution in [0.3, 0.4) is 0 Å². The first-order valence-electron chi connectivity index (χ1n) is 12.3. The van der Waals surface area contributed by atoms with E-state index in [-0.39, 0.29) is 29.4 Å². The van der Waals surface area contributed by atoms with Crippen LogP contribution in [0, 0.1) is 5.92 Å². The maximum atomic E-state index is 14.1. The summed E-state index contributed by atoms with van der Waals surface area (Å²) in [5, 5.41) is 7.21. The summed E-state index contributed by atoms with van der Waals surface area (Å²) >= 11 is 6.08. The quantitative estimate of drug-likeness (QED) is 0.530. The summed E-state index contributed by atoms with van der Waals surface area (Å²) in [5.74, 6) is 0.132. The van der Waals surface area contributed by atoms with E-state index in [0.29, 0.717) is 43.4 Å². The highest BCUT2D eigenvalue weighted by atomic mass is 35.5. The van der Waals surface area contributed by atoms with Crippen LogP contribution in [0.1, 0.15) is 23.6 Å². The molecule has 2 aromatic heterocycles. The molecule has 2 fully saturated rings. The third kappa shape index (κ3) is 4.86. The number of carbonyl (C=O) groups is 1. The van der Waals surface area contributed by atoms with E-state index in [4.69, 9.17) is 21.1 Å². The first kappa shape index (κ1) is 25.4. The fraction of sp³-hybridized carbons (Fsp3) is 0.407. The fourth-order valence-electron chi connectivity index (χ4n) is 5.66. The largest absolute Gasteiger partial charge is 0.376 e. The number of carbonyl (C=O) groups excluding carboxylic acids is 1. The van der Waals surface area contributed by atoms with Crippen LogP contribution in [0.15, 0.2) is 65.6 Å². The lowest BCUT2D eigenvalue weighted by atomic mass is 9.81. The lowest BCUT2D eigenvalue weighted by molar-refractivity contribution is -0.170. The zero-order chi connectivity index (χ0) is 26.0. The van der Waals surface area contributed by atoms with Crippen molar-refractivity contribution in [3.8, 4) is 0 Å². The summed E-state index contributed by atoms with van der Waals surface area (Å²) in [6, 6.07) is 16.8. The Bertz CT molecular complexity index is 1270. The number of halogens is 1. The molecule has 1 amide bonds. The monoisotopic (exact) mass is 523 g/mol. The van der Waals surface area contributed by atoms with Crippen LogP contribution < -0.4 is 10.5 Å². The van der Waals surface area contributed by atoms with Crippen molar-refractivity contribution >= 4 is 23.3 Å². The number of ether oxygens (including phenoxy) is 2. The number of aromatic nitrogens is 3. The summed E-state index contributed by atoms with van der Waals surface area (Å²) in [4.78, 5) is 34.0. The SMILES string of the molecule is CO[C@H]1CN(C(=O)[C@@H]2CN(c3ccc(=O)[nH]n3)C[C@H]2c2ccc(Cl)cn2)CC[C@]1(OC)c1ccccc1. The molecule has 2 aliphatic heterocycles. The minimum absolute atomic E-state index is 0.0356. The molecule has 9 nitrogen and oxygen atoms in total. The van der Waals surface area contributed by atoms with E-state index in [0.717, 1.165) is 11.3 Å². The Morgan fingerprint density at radius 3 is 2.54 bits per heavy atom. The predicted molar refractivity (Wildman–Crippen MR) is 140 cm³/mol. The molecule has 10 heteroatoms. The van der Waals surface area contributed by atoms with Gasteiger partial charge in [-0.05, 0) is 23.8 Å². The van der Waals surface area contributed by atoms with Crippen molar-refractivity contribution in [2.75, 3.05) is 45.3 Å². The summed E-state index contributed by atoms with van der Waals surface area (Å²) < 4.78 is 12.0. The summed E-state index contributed by atoms with van der Waals surface area (Å²) in [6.07, 6.45) is 1.89. The smallest absolute Gasteiger partial charge is 0.264 e. The van der Waals surface area contributed by atoms with Crippen LogP contribution >= 0.6 is 11.6 Å². The van der Waals surface area contributed by atoms with E-state index in [9.17, 15) is 9.59 Å². The summed E-state index contributed by atoms with van der Waals surface area (Å²) in [7, 11) is 3.36. The Kier molecular flexibility index (Phi) is 7.28. The third-order valence-corrected chi connectivity index (χ3v) is 7.86. The van der Waals surface area contributed by atoms with Crippen molar-refractivity contribution in [3.05, 3.63) is 87.4 Å². The zero-order valence-corrected chi connectivity index (χ0v) is 21.6. The number of likely N-dealkylation sites (tertiary alicyclic amines) is 1. The maximum Gasteiger partial charge on any atom is 0.264 e. The van der Waals surface area contributed by atoms with Crippen LogP contribution in [0.25, 0.3) is 0 Å². The molecule has 4 atom stereocenters. The molecule has 194 valence electrons. The number of methoxy groups -OCH3 is 2. The standard InChI is InChI=1S/C27H30ClN5O4/c1-36-23-17-32(13-12-27(23,37-2)18-6-4-3-5-7-18)26(35)21-16-33(24-10-11-25(34)31-30-24)15-20(21)22-9-8-19(28)14-29-22/h3-11,14,20-21,23H,12-13,15-17H2,1-2H3,(H,31,34)/t20-,21-,23+,27+/m1/s1. The van der Waals surface area contributed by atoms with Gasteiger partial charge in [0.05, 0.1) is 17.5 Å². The van der Waals surface area contributed by atoms with Gasteiger partial charge in [-0.3, -0.25) is 14.6 Å². The molecular formula is C27H30ClN5O4. The molecule has 0 aliphatic carbocycles. The van der Waals surface area contributed by atoms with Gasteiger partial charge in [-0.15, -0.1) is 0 Å². The Morgan fingerprint density at radius 2 is 1.89 bits per heavy atom. The Morgan fingerprint density at radius 1 is 1.08 bits per heavy atom. The summed E-state index contributed by atoms with van der Waals surface area (Å²) in [6.45, 7) is 1.94. The number of rotatable bonds is 6. The number of benzene rings is 1. The number of nitrogens with one attached hydrogen (secondary N) is 1. The normalized spacial score (nSPS) is 25.9. The van der Waals surface area contributed by atoms with Crippen molar-refractivity contribution in [1.82, 2.24) is 20.1 Å². The molecule has 2 saturated heterocycles. The highest BCUT2D eigenvalue weighted by Crippen LogP contribution is 2.40. The molecule has 0 unspecified atom stereocenters. The second-order valence-corrected chi connectivity index (χ2v) is 9.95. The number of aromatic amines is 1. The molecular weight excluding hydrogens is 494 g/mol. The number of pyridine rings is 1. The lowest BCUT2D eigenvalue weighted by Gasteiger charge is -2.47. The van der Waals surface area contributed by atoms with Crippen molar-refractivity contribution in [2.24, 2.45) is 5.92 Å². The van der Waals surface area contributed by atoms with Crippen LogP contribution in [0.4, 0.5) is 5.82 Å². The van der Waals surface area contributed by atoms with E-state index in [1.54, 1.807) is 32.5 Å². The van der Waals surface area contributed by atoms with E-state index in [2.05, 4.69) is 15.2 Å². The first-order chi connectivity index (χ1) is 17.9. The average molecular weight is 524 g/mol. The molecule has 37 heavy (non-hydrogen) atoms. The molecule has 0 spiro atoms. The van der Waals surface area contributed by atoms with E-state index in [1.807, 2.05) is 46.2 Å². The van der Waals surface area contributed by atoms with Gasteiger partial charge < -0.3 is 19.3 Å². The van der Waals surface area contributed by atoms with Gasteiger partial charge >= 0.3 is 0 Å². The van der Waals surface area contributed by atoms with Gasteiger partial charge in [-0.2, -0.15) is 5.10 Å². The van der Waals surface area contributed by atoms with Gasteiger partial charge in [0, 0.05) is 64.1 Å². The number of amides is 1. The van der Waals surface area contributed by atoms with Gasteiger partial charge in [0.1, 0.15) is 17.5 Å². The molecule has 0 bridgehead atoms. The van der Waals surface area contributed by atoms with Gasteiger partial charge in [0.2, 0.25) is 5.91 Å². The first-order valence-corrected chi connectivity index (χ1v) is 12.7. The number of hydrogen-bond acceptors (Lipinski definition) is 7. The Labute approximate surface area is 220 Å². The Balaban J connectivity index is 1.41. The molecule has 1 aromatic carbocycles. The van der Waals surface area contributed by atoms with Crippen molar-refractivity contribution in [2.45, 2.75) is 24.0 Å². The van der Waals surface area contributed by atoms with Crippen LogP contribution in [0.5, 0.6) is 0 Å². The van der Waals surface area contributed by atoms with Gasteiger partial charge in [-0.25, -0.2) is 5.10 Å². The van der Waals surface area contributed by atoms with E-state index in [1.165, 1.54) is 6.07 Å². The topological polar surface area (TPSA) is 101 Å². The molecule has 0 radical (unpaired) electrons. The minimum Gasteiger partial charge on any atom is -0.376 e. The van der Waals surface area contributed by atoms with Gasteiger partial charge in [0.25, 0.3) is 5.56 Å². The van der Waals surface area contributed by atoms with Crippen LogP contribution in [-0.4, -0.2) is 72.5 Å². The minimum atomic E-state index is -0.633. The average Bonchev–Trinajstić information content (AvgIpc) is 3.39. The number of piperidine rings is 1. The molecule has 2 aliphatic rings. The molecule has 4 heterocycles. The van der Waals surface area contributed by atoms with Crippen LogP contribution in [0.2, 0.25) is 5.02 Å². The highest BCUT2D eigenvalue weighted by molar-refractivity contribution is 6.30. The highest BCUT2D eigenvalue weighted by Gasteiger charge is 2.49. The number of anilines is 1. The van der Waals surface area contributed by atoms with Gasteiger partial charge in [0.15, 0.2) is 0 Å². The fourth-order valence-corrected chi connectivity index (χ4v) is 5.77. The second kappa shape index (κ2) is 10.6. The molecule has 0 saturated carbocycles. The molecule has 1 N–H and O–H groups in total. The predicted octanol–water partition coefficient (Wildman–Crippen LogP) is 2.83. The molecule has 3 aromatic rings. The van der Waals surface area contributed by atoms with Crippen LogP contribution in [-0.2, 0) is 19.9 Å². The van der Waals surface area contributed by atoms with Crippen molar-refractivity contribution in [1.29, 1.82) is 0 Å².